The zero-order valence-corrected chi connectivity index (χ0v) is 17.0. The van der Waals surface area contributed by atoms with E-state index >= 15 is 0 Å². The van der Waals surface area contributed by atoms with Gasteiger partial charge in [0.05, 0.1) is 23.9 Å². The molecular weight excluding hydrogens is 350 g/mol. The van der Waals surface area contributed by atoms with Crippen molar-refractivity contribution >= 4 is 17.3 Å². The molecule has 1 saturated heterocycles. The molecule has 0 bridgehead atoms. The second-order valence-electron chi connectivity index (χ2n) is 7.57. The van der Waals surface area contributed by atoms with Crippen molar-refractivity contribution in [1.82, 2.24) is 0 Å². The summed E-state index contributed by atoms with van der Waals surface area (Å²) in [7, 11) is 1.41. The lowest BCUT2D eigenvalue weighted by Crippen LogP contribution is -2.45. The fraction of sp³-hybridized carbons (Fsp3) is 0.391. The molecule has 28 heavy (non-hydrogen) atoms. The van der Waals surface area contributed by atoms with Gasteiger partial charge >= 0.3 is 5.97 Å². The van der Waals surface area contributed by atoms with Crippen LogP contribution in [0.2, 0.25) is 0 Å². The number of methoxy groups -OCH3 is 1. The summed E-state index contributed by atoms with van der Waals surface area (Å²) in [5.41, 5.74) is 5.35. The van der Waals surface area contributed by atoms with Crippen LogP contribution in [0.5, 0.6) is 0 Å². The quantitative estimate of drug-likeness (QED) is 0.805. The normalized spacial score (nSPS) is 19.0. The molecule has 0 amide bonds. The van der Waals surface area contributed by atoms with E-state index in [1.807, 2.05) is 43.3 Å². The van der Waals surface area contributed by atoms with E-state index in [1.165, 1.54) is 7.11 Å². The number of piperidine rings is 1. The molecular formula is C23H27N3O2. The van der Waals surface area contributed by atoms with Crippen molar-refractivity contribution in [2.45, 2.75) is 33.2 Å². The molecule has 5 nitrogen and oxygen atoms in total. The number of nitrogens with zero attached hydrogens (tertiary/aromatic N) is 2. The Kier molecular flexibility index (Phi) is 5.89. The predicted molar refractivity (Wildman–Crippen MR) is 112 cm³/mol. The lowest BCUT2D eigenvalue weighted by molar-refractivity contribution is 0.0600. The Hall–Kier alpha value is -3.00. The molecule has 2 atom stereocenters. The number of para-hydroxylation sites is 1. The van der Waals surface area contributed by atoms with E-state index in [0.717, 1.165) is 47.6 Å². The minimum atomic E-state index is -0.309. The molecule has 0 spiro atoms. The van der Waals surface area contributed by atoms with Crippen LogP contribution in [0.1, 0.15) is 40.4 Å². The largest absolute Gasteiger partial charge is 0.465 e. The lowest BCUT2D eigenvalue weighted by atomic mass is 9.92. The Labute approximate surface area is 166 Å². The fourth-order valence-electron chi connectivity index (χ4n) is 3.96. The van der Waals surface area contributed by atoms with Gasteiger partial charge in [-0.05, 0) is 55.5 Å². The highest BCUT2D eigenvalue weighted by atomic mass is 16.5. The maximum absolute atomic E-state index is 12.0. The lowest BCUT2D eigenvalue weighted by Gasteiger charge is -2.39. The van der Waals surface area contributed by atoms with Gasteiger partial charge in [-0.1, -0.05) is 25.1 Å². The van der Waals surface area contributed by atoms with Gasteiger partial charge in [0, 0.05) is 24.8 Å². The molecule has 0 aromatic heterocycles. The molecule has 2 unspecified atom stereocenters. The van der Waals surface area contributed by atoms with Crippen molar-refractivity contribution in [2.75, 3.05) is 30.4 Å². The molecule has 146 valence electrons. The van der Waals surface area contributed by atoms with Crippen LogP contribution in [0.4, 0.5) is 11.4 Å². The van der Waals surface area contributed by atoms with E-state index in [1.54, 1.807) is 0 Å². The molecule has 2 aromatic rings. The van der Waals surface area contributed by atoms with E-state index in [2.05, 4.69) is 30.1 Å². The Bertz CT molecular complexity index is 917. The van der Waals surface area contributed by atoms with Gasteiger partial charge < -0.3 is 15.0 Å². The Morgan fingerprint density at radius 1 is 1.25 bits per heavy atom. The maximum Gasteiger partial charge on any atom is 0.338 e. The molecule has 1 heterocycles. The summed E-state index contributed by atoms with van der Waals surface area (Å²) in [5, 5.41) is 13.0. The van der Waals surface area contributed by atoms with E-state index in [9.17, 15) is 10.1 Å². The number of carbonyl (C=O) groups is 1. The molecule has 1 N–H and O–H groups in total. The first-order chi connectivity index (χ1) is 13.4. The first-order valence-corrected chi connectivity index (χ1v) is 9.64. The smallest absolute Gasteiger partial charge is 0.338 e. The number of carbonyl (C=O) groups excluding carboxylic acids is 1. The van der Waals surface area contributed by atoms with Gasteiger partial charge in [0.15, 0.2) is 0 Å². The first-order valence-electron chi connectivity index (χ1n) is 9.64. The minimum absolute atomic E-state index is 0.303. The summed E-state index contributed by atoms with van der Waals surface area (Å²) < 4.78 is 4.91. The molecule has 3 rings (SSSR count). The molecule has 0 saturated carbocycles. The summed E-state index contributed by atoms with van der Waals surface area (Å²) in [6.07, 6.45) is 0.960. The molecule has 1 aliphatic heterocycles. The summed E-state index contributed by atoms with van der Waals surface area (Å²) >= 11 is 0. The summed E-state index contributed by atoms with van der Waals surface area (Å²) in [6, 6.07) is 14.3. The number of hydrogen-bond donors (Lipinski definition) is 1. The SMILES string of the molecule is COC(=O)c1cc(NC2CCN(c3ccccc3C#N)CC2C)c(C)cc1C. The summed E-state index contributed by atoms with van der Waals surface area (Å²) in [6.45, 7) is 7.97. The zero-order chi connectivity index (χ0) is 20.3. The van der Waals surface area contributed by atoms with Gasteiger partial charge in [0.1, 0.15) is 6.07 Å². The second kappa shape index (κ2) is 8.35. The average molecular weight is 377 g/mol. The van der Waals surface area contributed by atoms with Crippen LogP contribution in [0.15, 0.2) is 36.4 Å². The average Bonchev–Trinajstić information content (AvgIpc) is 2.70. The van der Waals surface area contributed by atoms with Crippen LogP contribution in [-0.4, -0.2) is 32.2 Å². The van der Waals surface area contributed by atoms with Crippen LogP contribution < -0.4 is 10.2 Å². The molecule has 0 radical (unpaired) electrons. The third-order valence-electron chi connectivity index (χ3n) is 5.59. The summed E-state index contributed by atoms with van der Waals surface area (Å²) in [4.78, 5) is 14.3. The highest BCUT2D eigenvalue weighted by Gasteiger charge is 2.27. The second-order valence-corrected chi connectivity index (χ2v) is 7.57. The van der Waals surface area contributed by atoms with Crippen molar-refractivity contribution in [3.8, 4) is 6.07 Å². The standard InChI is InChI=1S/C23H27N3O2/c1-15-11-16(2)21(12-19(15)23(27)28-4)25-20-9-10-26(14-17(20)3)22-8-6-5-7-18(22)13-24/h5-8,11-12,17,20,25H,9-10,14H2,1-4H3. The minimum Gasteiger partial charge on any atom is -0.465 e. The molecule has 1 fully saturated rings. The van der Waals surface area contributed by atoms with Crippen molar-refractivity contribution in [3.05, 3.63) is 58.7 Å². The van der Waals surface area contributed by atoms with Crippen molar-refractivity contribution in [1.29, 1.82) is 5.26 Å². The number of ether oxygens (including phenoxy) is 1. The molecule has 2 aromatic carbocycles. The number of anilines is 2. The van der Waals surface area contributed by atoms with Gasteiger partial charge in [0.25, 0.3) is 0 Å². The maximum atomic E-state index is 12.0. The van der Waals surface area contributed by atoms with Crippen LogP contribution in [0.25, 0.3) is 0 Å². The van der Waals surface area contributed by atoms with Crippen molar-refractivity contribution in [3.63, 3.8) is 0 Å². The van der Waals surface area contributed by atoms with E-state index in [-0.39, 0.29) is 5.97 Å². The molecule has 0 aliphatic carbocycles. The van der Waals surface area contributed by atoms with Crippen LogP contribution in [-0.2, 0) is 4.74 Å². The monoisotopic (exact) mass is 377 g/mol. The van der Waals surface area contributed by atoms with Crippen LogP contribution in [0, 0.1) is 31.1 Å². The van der Waals surface area contributed by atoms with Gasteiger partial charge in [-0.15, -0.1) is 0 Å². The highest BCUT2D eigenvalue weighted by Crippen LogP contribution is 2.29. The Morgan fingerprint density at radius 3 is 2.68 bits per heavy atom. The highest BCUT2D eigenvalue weighted by molar-refractivity contribution is 5.92. The predicted octanol–water partition coefficient (Wildman–Crippen LogP) is 4.29. The van der Waals surface area contributed by atoms with Crippen molar-refractivity contribution < 1.29 is 9.53 Å². The third-order valence-corrected chi connectivity index (χ3v) is 5.59. The van der Waals surface area contributed by atoms with Gasteiger partial charge in [-0.25, -0.2) is 4.79 Å². The van der Waals surface area contributed by atoms with Crippen LogP contribution >= 0.6 is 0 Å². The van der Waals surface area contributed by atoms with Gasteiger partial charge in [-0.2, -0.15) is 5.26 Å². The van der Waals surface area contributed by atoms with E-state index < -0.39 is 0 Å². The number of benzene rings is 2. The van der Waals surface area contributed by atoms with Crippen molar-refractivity contribution in [2.24, 2.45) is 5.92 Å². The first kappa shape index (κ1) is 19.8. The fourth-order valence-corrected chi connectivity index (χ4v) is 3.96. The third kappa shape index (κ3) is 3.96. The number of rotatable bonds is 4. The van der Waals surface area contributed by atoms with E-state index in [4.69, 9.17) is 4.74 Å². The number of esters is 1. The van der Waals surface area contributed by atoms with Gasteiger partial charge in [0.2, 0.25) is 0 Å². The Balaban J connectivity index is 1.76. The van der Waals surface area contributed by atoms with Gasteiger partial charge in [-0.3, -0.25) is 0 Å². The number of nitrogens with one attached hydrogen (secondary N) is 1. The topological polar surface area (TPSA) is 65.4 Å². The molecule has 5 heteroatoms. The zero-order valence-electron chi connectivity index (χ0n) is 17.0. The van der Waals surface area contributed by atoms with E-state index in [0.29, 0.717) is 17.5 Å². The number of nitriles is 1. The summed E-state index contributed by atoms with van der Waals surface area (Å²) in [5.74, 6) is 0.0827. The number of hydrogen-bond acceptors (Lipinski definition) is 5. The number of aryl methyl sites for hydroxylation is 2. The van der Waals surface area contributed by atoms with Crippen LogP contribution in [0.3, 0.4) is 0 Å². The molecule has 1 aliphatic rings. The Morgan fingerprint density at radius 2 is 2.00 bits per heavy atom.